The summed E-state index contributed by atoms with van der Waals surface area (Å²) in [4.78, 5) is 0. The van der Waals surface area contributed by atoms with Crippen molar-refractivity contribution in [1.82, 2.24) is 0 Å². The molecule has 0 fully saturated rings. The molecule has 0 radical (unpaired) electrons. The minimum Gasteiger partial charge on any atom is -0.368 e. The van der Waals surface area contributed by atoms with E-state index in [1.807, 2.05) is 6.07 Å². The van der Waals surface area contributed by atoms with Gasteiger partial charge in [-0.1, -0.05) is 64.5 Å². The van der Waals surface area contributed by atoms with Crippen molar-refractivity contribution in [2.75, 3.05) is 11.9 Å². The molecule has 112 valence electrons. The van der Waals surface area contributed by atoms with Crippen LogP contribution in [0.2, 0.25) is 0 Å². The number of ether oxygens (including phenoxy) is 1. The van der Waals surface area contributed by atoms with Crippen molar-refractivity contribution in [2.45, 2.75) is 12.3 Å². The molecule has 2 aromatic rings. The van der Waals surface area contributed by atoms with E-state index in [1.54, 1.807) is 30.3 Å². The Kier molecular flexibility index (Phi) is 5.42. The Morgan fingerprint density at radius 2 is 1.57 bits per heavy atom. The van der Waals surface area contributed by atoms with Crippen LogP contribution >= 0.6 is 15.9 Å². The number of alkyl halides is 4. The van der Waals surface area contributed by atoms with Crippen molar-refractivity contribution in [3.63, 3.8) is 0 Å². The average molecular weight is 359 g/mol. The number of hydrogen-bond acceptors (Lipinski definition) is 1. The second kappa shape index (κ2) is 7.09. The van der Waals surface area contributed by atoms with Crippen LogP contribution in [0.5, 0.6) is 0 Å². The van der Waals surface area contributed by atoms with Crippen molar-refractivity contribution in [2.24, 2.45) is 0 Å². The maximum absolute atomic E-state index is 13.2. The third-order valence-electron chi connectivity index (χ3n) is 3.01. The highest BCUT2D eigenvalue weighted by Gasteiger charge is 2.35. The van der Waals surface area contributed by atoms with Crippen LogP contribution in [0, 0.1) is 0 Å². The van der Waals surface area contributed by atoms with Crippen LogP contribution < -0.4 is 0 Å². The van der Waals surface area contributed by atoms with Gasteiger partial charge in [-0.05, 0) is 17.2 Å². The summed E-state index contributed by atoms with van der Waals surface area (Å²) in [5, 5.41) is 0.560. The largest absolute Gasteiger partial charge is 0.416 e. The molecule has 2 rings (SSSR count). The monoisotopic (exact) mass is 358 g/mol. The molecule has 21 heavy (non-hydrogen) atoms. The SMILES string of the molecule is FC(F)(F)c1ccccc1C(OCCBr)c1ccccc1. The van der Waals surface area contributed by atoms with Crippen LogP contribution in [0.3, 0.4) is 0 Å². The summed E-state index contributed by atoms with van der Waals surface area (Å²) in [6.07, 6.45) is -5.14. The first-order valence-electron chi connectivity index (χ1n) is 6.42. The van der Waals surface area contributed by atoms with Crippen molar-refractivity contribution in [1.29, 1.82) is 0 Å². The number of benzene rings is 2. The van der Waals surface area contributed by atoms with Gasteiger partial charge >= 0.3 is 6.18 Å². The lowest BCUT2D eigenvalue weighted by molar-refractivity contribution is -0.139. The molecule has 5 heteroatoms. The summed E-state index contributed by atoms with van der Waals surface area (Å²) < 4.78 is 45.2. The molecule has 1 nitrogen and oxygen atoms in total. The summed E-state index contributed by atoms with van der Waals surface area (Å²) in [6.45, 7) is 0.325. The van der Waals surface area contributed by atoms with E-state index < -0.39 is 17.8 Å². The number of rotatable bonds is 5. The van der Waals surface area contributed by atoms with E-state index in [1.165, 1.54) is 12.1 Å². The normalized spacial score (nSPS) is 13.1. The minimum absolute atomic E-state index is 0.136. The van der Waals surface area contributed by atoms with Gasteiger partial charge < -0.3 is 4.74 Å². The van der Waals surface area contributed by atoms with Gasteiger partial charge in [0, 0.05) is 5.33 Å². The molecule has 0 saturated carbocycles. The van der Waals surface area contributed by atoms with E-state index in [9.17, 15) is 13.2 Å². The van der Waals surface area contributed by atoms with Crippen LogP contribution in [0.1, 0.15) is 22.8 Å². The third kappa shape index (κ3) is 4.08. The molecule has 0 amide bonds. The highest BCUT2D eigenvalue weighted by atomic mass is 79.9. The van der Waals surface area contributed by atoms with Gasteiger partial charge in [0.2, 0.25) is 0 Å². The first kappa shape index (κ1) is 16.0. The van der Waals surface area contributed by atoms with Gasteiger partial charge in [-0.25, -0.2) is 0 Å². The van der Waals surface area contributed by atoms with Gasteiger partial charge in [0.1, 0.15) is 6.10 Å². The van der Waals surface area contributed by atoms with E-state index in [4.69, 9.17) is 4.74 Å². The van der Waals surface area contributed by atoms with Gasteiger partial charge in [-0.3, -0.25) is 0 Å². The molecular formula is C16H14BrF3O. The molecule has 0 aliphatic carbocycles. The quantitative estimate of drug-likeness (QED) is 0.667. The van der Waals surface area contributed by atoms with Crippen LogP contribution in [0.15, 0.2) is 54.6 Å². The van der Waals surface area contributed by atoms with Crippen molar-refractivity contribution in [3.05, 3.63) is 71.3 Å². The summed E-state index contributed by atoms with van der Waals surface area (Å²) in [5.74, 6) is 0. The molecular weight excluding hydrogens is 345 g/mol. The van der Waals surface area contributed by atoms with Crippen molar-refractivity contribution in [3.8, 4) is 0 Å². The predicted octanol–water partition coefficient (Wildman–Crippen LogP) is 5.21. The number of halogens is 4. The molecule has 0 saturated heterocycles. The minimum atomic E-state index is -4.40. The molecule has 0 aromatic heterocycles. The molecule has 0 heterocycles. The van der Waals surface area contributed by atoms with Crippen molar-refractivity contribution >= 4 is 15.9 Å². The molecule has 0 spiro atoms. The molecule has 0 aliphatic heterocycles. The molecule has 1 unspecified atom stereocenters. The first-order chi connectivity index (χ1) is 10.0. The standard InChI is InChI=1S/C16H14BrF3O/c17-10-11-21-15(12-6-2-1-3-7-12)13-8-4-5-9-14(13)16(18,19)20/h1-9,15H,10-11H2. The van der Waals surface area contributed by atoms with E-state index >= 15 is 0 Å². The van der Waals surface area contributed by atoms with E-state index in [0.717, 1.165) is 6.07 Å². The van der Waals surface area contributed by atoms with E-state index in [0.29, 0.717) is 17.5 Å². The van der Waals surface area contributed by atoms with Gasteiger partial charge in [0.15, 0.2) is 0 Å². The zero-order chi connectivity index (χ0) is 15.3. The molecule has 0 aliphatic rings. The summed E-state index contributed by atoms with van der Waals surface area (Å²) >= 11 is 3.23. The lowest BCUT2D eigenvalue weighted by atomic mass is 9.96. The maximum atomic E-state index is 13.2. The van der Waals surface area contributed by atoms with Crippen LogP contribution in [0.25, 0.3) is 0 Å². The third-order valence-corrected chi connectivity index (χ3v) is 3.34. The topological polar surface area (TPSA) is 9.23 Å². The fourth-order valence-electron chi connectivity index (χ4n) is 2.14. The Balaban J connectivity index is 2.47. The zero-order valence-electron chi connectivity index (χ0n) is 11.1. The van der Waals surface area contributed by atoms with E-state index in [2.05, 4.69) is 15.9 Å². The predicted molar refractivity (Wildman–Crippen MR) is 79.5 cm³/mol. The maximum Gasteiger partial charge on any atom is 0.416 e. The average Bonchev–Trinajstić information content (AvgIpc) is 2.48. The Morgan fingerprint density at radius 3 is 2.19 bits per heavy atom. The Hall–Kier alpha value is -1.33. The van der Waals surface area contributed by atoms with E-state index in [-0.39, 0.29) is 5.56 Å². The molecule has 0 bridgehead atoms. The lowest BCUT2D eigenvalue weighted by Gasteiger charge is -2.22. The molecule has 1 atom stereocenters. The highest BCUT2D eigenvalue weighted by molar-refractivity contribution is 9.09. The fourth-order valence-corrected chi connectivity index (χ4v) is 2.33. The first-order valence-corrected chi connectivity index (χ1v) is 7.55. The summed E-state index contributed by atoms with van der Waals surface area (Å²) in [5.41, 5.74) is 0.181. The lowest BCUT2D eigenvalue weighted by Crippen LogP contribution is -2.15. The fraction of sp³-hybridized carbons (Fsp3) is 0.250. The molecule has 2 aromatic carbocycles. The second-order valence-electron chi connectivity index (χ2n) is 4.44. The van der Waals surface area contributed by atoms with Gasteiger partial charge in [-0.15, -0.1) is 0 Å². The summed E-state index contributed by atoms with van der Waals surface area (Å²) in [6, 6.07) is 14.5. The van der Waals surface area contributed by atoms with Crippen LogP contribution in [0.4, 0.5) is 13.2 Å². The van der Waals surface area contributed by atoms with Crippen LogP contribution in [-0.2, 0) is 10.9 Å². The van der Waals surface area contributed by atoms with Gasteiger partial charge in [-0.2, -0.15) is 13.2 Å². The van der Waals surface area contributed by atoms with Gasteiger partial charge in [0.05, 0.1) is 12.2 Å². The summed E-state index contributed by atoms with van der Waals surface area (Å²) in [7, 11) is 0. The van der Waals surface area contributed by atoms with Crippen LogP contribution in [-0.4, -0.2) is 11.9 Å². The highest BCUT2D eigenvalue weighted by Crippen LogP contribution is 2.37. The smallest absolute Gasteiger partial charge is 0.368 e. The Bertz CT molecular complexity index is 569. The number of hydrogen-bond donors (Lipinski definition) is 0. The van der Waals surface area contributed by atoms with Gasteiger partial charge in [0.25, 0.3) is 0 Å². The molecule has 0 N–H and O–H groups in total. The van der Waals surface area contributed by atoms with Crippen molar-refractivity contribution < 1.29 is 17.9 Å². The second-order valence-corrected chi connectivity index (χ2v) is 5.23. The zero-order valence-corrected chi connectivity index (χ0v) is 12.7. The Morgan fingerprint density at radius 1 is 0.952 bits per heavy atom. The Labute approximate surface area is 129 Å².